The summed E-state index contributed by atoms with van der Waals surface area (Å²) in [5.41, 5.74) is 5.28. The van der Waals surface area contributed by atoms with Crippen molar-refractivity contribution in [2.24, 2.45) is 0 Å². The predicted octanol–water partition coefficient (Wildman–Crippen LogP) is 5.85. The lowest BCUT2D eigenvalue weighted by atomic mass is 9.87. The highest BCUT2D eigenvalue weighted by Crippen LogP contribution is 2.42. The van der Waals surface area contributed by atoms with Gasteiger partial charge in [-0.1, -0.05) is 18.2 Å². The number of rotatable bonds is 4. The molecule has 0 saturated heterocycles. The van der Waals surface area contributed by atoms with Crippen LogP contribution in [0.3, 0.4) is 0 Å². The van der Waals surface area contributed by atoms with E-state index < -0.39 is 17.7 Å². The van der Waals surface area contributed by atoms with Crippen molar-refractivity contribution in [3.05, 3.63) is 44.6 Å². The number of carboxylic acids is 1. The van der Waals surface area contributed by atoms with Gasteiger partial charge in [-0.3, -0.25) is 0 Å². The van der Waals surface area contributed by atoms with Crippen LogP contribution in [-0.2, 0) is 22.4 Å². The third kappa shape index (κ3) is 3.86. The summed E-state index contributed by atoms with van der Waals surface area (Å²) in [6.45, 7) is 9.77. The Morgan fingerprint density at radius 2 is 1.77 bits per heavy atom. The van der Waals surface area contributed by atoms with Crippen LogP contribution in [0, 0.1) is 13.8 Å². The van der Waals surface area contributed by atoms with Gasteiger partial charge in [0.15, 0.2) is 6.10 Å². The minimum absolute atomic E-state index is 0.529. The topological polar surface area (TPSA) is 46.5 Å². The summed E-state index contributed by atoms with van der Waals surface area (Å²) >= 11 is 1.66. The quantitative estimate of drug-likeness (QED) is 0.732. The SMILES string of the molecule is Cc1sc(C)c(C(OC(C)(C)C)C(=O)O)c1-c1ccc2c(c1)CCCC2. The molecule has 1 unspecified atom stereocenters. The monoisotopic (exact) mass is 372 g/mol. The Hall–Kier alpha value is -1.65. The minimum atomic E-state index is -0.953. The number of ether oxygens (including phenoxy) is 1. The van der Waals surface area contributed by atoms with Gasteiger partial charge in [0.1, 0.15) is 0 Å². The average molecular weight is 373 g/mol. The van der Waals surface area contributed by atoms with E-state index in [2.05, 4.69) is 25.1 Å². The van der Waals surface area contributed by atoms with Crippen LogP contribution in [-0.4, -0.2) is 16.7 Å². The van der Waals surface area contributed by atoms with Gasteiger partial charge in [-0.25, -0.2) is 4.79 Å². The van der Waals surface area contributed by atoms with Gasteiger partial charge in [-0.2, -0.15) is 0 Å². The zero-order chi connectivity index (χ0) is 19.1. The second-order valence-corrected chi connectivity index (χ2v) is 9.57. The molecule has 4 heteroatoms. The van der Waals surface area contributed by atoms with Crippen LogP contribution in [0.5, 0.6) is 0 Å². The van der Waals surface area contributed by atoms with E-state index in [9.17, 15) is 9.90 Å². The summed E-state index contributed by atoms with van der Waals surface area (Å²) in [5.74, 6) is -0.931. The Bertz CT molecular complexity index is 827. The second kappa shape index (κ2) is 7.16. The van der Waals surface area contributed by atoms with Gasteiger partial charge in [-0.15, -0.1) is 11.3 Å². The summed E-state index contributed by atoms with van der Waals surface area (Å²) in [6, 6.07) is 6.64. The van der Waals surface area contributed by atoms with Gasteiger partial charge in [0.25, 0.3) is 0 Å². The first-order chi connectivity index (χ1) is 12.2. The zero-order valence-electron chi connectivity index (χ0n) is 16.3. The standard InChI is InChI=1S/C22H28O3S/c1-13-18(17-11-10-15-8-6-7-9-16(15)12-17)19(14(2)26-13)20(21(23)24)25-22(3,4)5/h10-12,20H,6-9H2,1-5H3,(H,23,24). The zero-order valence-corrected chi connectivity index (χ0v) is 17.1. The molecule has 1 aromatic carbocycles. The third-order valence-corrected chi connectivity index (χ3v) is 5.94. The second-order valence-electron chi connectivity index (χ2n) is 8.14. The highest BCUT2D eigenvalue weighted by Gasteiger charge is 2.32. The fraction of sp³-hybridized carbons (Fsp3) is 0.500. The van der Waals surface area contributed by atoms with Gasteiger partial charge in [0.05, 0.1) is 5.60 Å². The molecule has 0 aliphatic heterocycles. The van der Waals surface area contributed by atoms with E-state index >= 15 is 0 Å². The molecule has 0 radical (unpaired) electrons. The van der Waals surface area contributed by atoms with Crippen molar-refractivity contribution in [2.45, 2.75) is 72.0 Å². The Labute approximate surface area is 160 Å². The Morgan fingerprint density at radius 3 is 2.38 bits per heavy atom. The Kier molecular flexibility index (Phi) is 5.27. The normalized spacial score (nSPS) is 15.6. The van der Waals surface area contributed by atoms with Gasteiger partial charge >= 0.3 is 5.97 Å². The number of aliphatic carboxylic acids is 1. The van der Waals surface area contributed by atoms with E-state index in [0.29, 0.717) is 0 Å². The fourth-order valence-electron chi connectivity index (χ4n) is 3.85. The first-order valence-corrected chi connectivity index (χ1v) is 10.1. The van der Waals surface area contributed by atoms with Gasteiger partial charge in [0.2, 0.25) is 0 Å². The molecule has 1 N–H and O–H groups in total. The molecule has 3 rings (SSSR count). The summed E-state index contributed by atoms with van der Waals surface area (Å²) < 4.78 is 5.96. The van der Waals surface area contributed by atoms with Gasteiger partial charge in [-0.05, 0) is 77.0 Å². The molecule has 0 fully saturated rings. The van der Waals surface area contributed by atoms with Gasteiger partial charge in [0, 0.05) is 20.9 Å². The molecule has 0 amide bonds. The smallest absolute Gasteiger partial charge is 0.337 e. The Balaban J connectivity index is 2.12. The van der Waals surface area contributed by atoms with E-state index in [1.807, 2.05) is 27.7 Å². The maximum Gasteiger partial charge on any atom is 0.337 e. The molecule has 1 atom stereocenters. The molecule has 140 valence electrons. The molecule has 1 aromatic heterocycles. The number of hydrogen-bond donors (Lipinski definition) is 1. The van der Waals surface area contributed by atoms with Crippen LogP contribution < -0.4 is 0 Å². The fourth-order valence-corrected chi connectivity index (χ4v) is 4.96. The van der Waals surface area contributed by atoms with Crippen molar-refractivity contribution in [1.29, 1.82) is 0 Å². The third-order valence-electron chi connectivity index (χ3n) is 4.90. The summed E-state index contributed by atoms with van der Waals surface area (Å²) in [6.07, 6.45) is 3.80. The number of fused-ring (bicyclic) bond motifs is 1. The largest absolute Gasteiger partial charge is 0.479 e. The first-order valence-electron chi connectivity index (χ1n) is 9.30. The highest BCUT2D eigenvalue weighted by molar-refractivity contribution is 7.12. The van der Waals surface area contributed by atoms with Gasteiger partial charge < -0.3 is 9.84 Å². The van der Waals surface area contributed by atoms with Crippen LogP contribution in [0.1, 0.15) is 66.2 Å². The number of aryl methyl sites for hydroxylation is 4. The maximum absolute atomic E-state index is 12.0. The maximum atomic E-state index is 12.0. The van der Waals surface area contributed by atoms with Crippen LogP contribution in [0.25, 0.3) is 11.1 Å². The molecule has 1 aliphatic rings. The summed E-state index contributed by atoms with van der Waals surface area (Å²) in [4.78, 5) is 14.2. The molecule has 0 bridgehead atoms. The molecular weight excluding hydrogens is 344 g/mol. The molecule has 1 aliphatic carbocycles. The number of hydrogen-bond acceptors (Lipinski definition) is 3. The number of carbonyl (C=O) groups is 1. The molecule has 2 aromatic rings. The number of benzene rings is 1. The first kappa shape index (κ1) is 19.1. The lowest BCUT2D eigenvalue weighted by Crippen LogP contribution is -2.27. The molecule has 3 nitrogen and oxygen atoms in total. The predicted molar refractivity (Wildman–Crippen MR) is 107 cm³/mol. The van der Waals surface area contributed by atoms with Crippen molar-refractivity contribution < 1.29 is 14.6 Å². The van der Waals surface area contributed by atoms with E-state index in [0.717, 1.165) is 39.3 Å². The van der Waals surface area contributed by atoms with E-state index in [1.165, 1.54) is 24.0 Å². The van der Waals surface area contributed by atoms with E-state index in [4.69, 9.17) is 4.74 Å². The molecule has 0 spiro atoms. The minimum Gasteiger partial charge on any atom is -0.479 e. The summed E-state index contributed by atoms with van der Waals surface area (Å²) in [7, 11) is 0. The van der Waals surface area contributed by atoms with Crippen molar-refractivity contribution in [1.82, 2.24) is 0 Å². The van der Waals surface area contributed by atoms with Crippen LogP contribution >= 0.6 is 11.3 Å². The lowest BCUT2D eigenvalue weighted by Gasteiger charge is -2.26. The van der Waals surface area contributed by atoms with Crippen molar-refractivity contribution in [3.8, 4) is 11.1 Å². The average Bonchev–Trinajstić information content (AvgIpc) is 2.85. The number of thiophene rings is 1. The molecule has 1 heterocycles. The molecule has 0 saturated carbocycles. The van der Waals surface area contributed by atoms with Crippen molar-refractivity contribution in [3.63, 3.8) is 0 Å². The molecular formula is C22H28O3S. The van der Waals surface area contributed by atoms with Crippen LogP contribution in [0.15, 0.2) is 18.2 Å². The lowest BCUT2D eigenvalue weighted by molar-refractivity contribution is -0.160. The number of carboxylic acid groups (broad SMARTS) is 1. The Morgan fingerprint density at radius 1 is 1.12 bits per heavy atom. The van der Waals surface area contributed by atoms with Crippen molar-refractivity contribution >= 4 is 17.3 Å². The van der Waals surface area contributed by atoms with E-state index in [-0.39, 0.29) is 0 Å². The summed E-state index contributed by atoms with van der Waals surface area (Å²) in [5, 5.41) is 9.87. The van der Waals surface area contributed by atoms with Crippen LogP contribution in [0.2, 0.25) is 0 Å². The molecule has 26 heavy (non-hydrogen) atoms. The van der Waals surface area contributed by atoms with Crippen molar-refractivity contribution in [2.75, 3.05) is 0 Å². The van der Waals surface area contributed by atoms with E-state index in [1.54, 1.807) is 11.3 Å². The van der Waals surface area contributed by atoms with Crippen LogP contribution in [0.4, 0.5) is 0 Å². The highest BCUT2D eigenvalue weighted by atomic mass is 32.1.